The van der Waals surface area contributed by atoms with Gasteiger partial charge < -0.3 is 19.6 Å². The molecule has 184 valence electrons. The van der Waals surface area contributed by atoms with E-state index in [2.05, 4.69) is 15.1 Å². The number of nitrogens with one attached hydrogen (secondary N) is 1. The van der Waals surface area contributed by atoms with E-state index in [0.717, 1.165) is 6.42 Å². The first-order chi connectivity index (χ1) is 16.7. The maximum absolute atomic E-state index is 13.9. The van der Waals surface area contributed by atoms with E-state index in [1.807, 2.05) is 19.9 Å². The SMILES string of the molecule is CCCCn1c(N)c(N(CC)C(=O)c2cc(-c3cc(C)oc3C)nc3onc(C)c23)c(=O)[nH]c1=O. The fourth-order valence-corrected chi connectivity index (χ4v) is 4.21. The number of carbonyl (C=O) groups is 1. The standard InChI is InChI=1S/C24H28N6O5/c1-6-8-9-30-20(25)19(21(31)27-24(30)33)29(7-2)23(32)16-11-17(15-10-12(3)34-14(15)5)26-22-18(16)13(4)28-35-22/h10-11H,6-9,25H2,1-5H3,(H,27,31,33). The largest absolute Gasteiger partial charge is 0.466 e. The van der Waals surface area contributed by atoms with Gasteiger partial charge in [-0.15, -0.1) is 0 Å². The van der Waals surface area contributed by atoms with Gasteiger partial charge in [-0.05, 0) is 46.2 Å². The molecular formula is C24H28N6O5. The van der Waals surface area contributed by atoms with Crippen LogP contribution in [-0.2, 0) is 6.54 Å². The molecule has 0 unspecified atom stereocenters. The Labute approximate surface area is 200 Å². The molecule has 35 heavy (non-hydrogen) atoms. The van der Waals surface area contributed by atoms with E-state index in [0.29, 0.717) is 46.8 Å². The zero-order valence-corrected chi connectivity index (χ0v) is 20.4. The molecule has 0 bridgehead atoms. The van der Waals surface area contributed by atoms with Crippen LogP contribution >= 0.6 is 0 Å². The number of nitrogens with two attached hydrogens (primary N) is 1. The number of furan rings is 1. The second kappa shape index (κ2) is 9.24. The van der Waals surface area contributed by atoms with Gasteiger partial charge in [-0.25, -0.2) is 9.78 Å². The summed E-state index contributed by atoms with van der Waals surface area (Å²) in [6.07, 6.45) is 1.52. The van der Waals surface area contributed by atoms with Crippen LogP contribution < -0.4 is 21.9 Å². The molecule has 4 aromatic rings. The maximum atomic E-state index is 13.9. The Bertz CT molecular complexity index is 1540. The Hall–Kier alpha value is -4.15. The molecule has 3 N–H and O–H groups in total. The number of nitrogens with zero attached hydrogens (tertiary/aromatic N) is 4. The van der Waals surface area contributed by atoms with Gasteiger partial charge in [0.05, 0.1) is 22.3 Å². The summed E-state index contributed by atoms with van der Waals surface area (Å²) in [6, 6.07) is 3.46. The number of amides is 1. The van der Waals surface area contributed by atoms with Crippen molar-refractivity contribution in [3.63, 3.8) is 0 Å². The van der Waals surface area contributed by atoms with E-state index in [9.17, 15) is 14.4 Å². The summed E-state index contributed by atoms with van der Waals surface area (Å²) in [4.78, 5) is 47.2. The van der Waals surface area contributed by atoms with Crippen LogP contribution in [0.15, 0.2) is 30.7 Å². The number of aryl methyl sites for hydroxylation is 3. The van der Waals surface area contributed by atoms with Gasteiger partial charge in [-0.2, -0.15) is 0 Å². The molecule has 11 heteroatoms. The number of hydrogen-bond acceptors (Lipinski definition) is 8. The highest BCUT2D eigenvalue weighted by molar-refractivity contribution is 6.14. The number of rotatable bonds is 7. The van der Waals surface area contributed by atoms with E-state index in [-0.39, 0.29) is 29.3 Å². The molecule has 0 fully saturated rings. The highest BCUT2D eigenvalue weighted by atomic mass is 16.5. The average molecular weight is 481 g/mol. The van der Waals surface area contributed by atoms with Gasteiger partial charge in [0.15, 0.2) is 5.69 Å². The average Bonchev–Trinajstić information content (AvgIpc) is 3.36. The predicted molar refractivity (Wildman–Crippen MR) is 132 cm³/mol. The van der Waals surface area contributed by atoms with Crippen LogP contribution in [0.3, 0.4) is 0 Å². The number of pyridine rings is 1. The van der Waals surface area contributed by atoms with Gasteiger partial charge in [0.2, 0.25) is 0 Å². The normalized spacial score (nSPS) is 11.3. The highest BCUT2D eigenvalue weighted by Gasteiger charge is 2.28. The number of anilines is 2. The van der Waals surface area contributed by atoms with Gasteiger partial charge >= 0.3 is 5.69 Å². The van der Waals surface area contributed by atoms with Crippen LogP contribution in [0.5, 0.6) is 0 Å². The molecule has 0 aliphatic carbocycles. The van der Waals surface area contributed by atoms with Crippen molar-refractivity contribution in [1.82, 2.24) is 19.7 Å². The molecule has 0 atom stereocenters. The number of nitrogen functional groups attached to an aromatic ring is 1. The van der Waals surface area contributed by atoms with E-state index >= 15 is 0 Å². The molecule has 0 saturated heterocycles. The summed E-state index contributed by atoms with van der Waals surface area (Å²) in [5, 5.41) is 4.42. The van der Waals surface area contributed by atoms with E-state index < -0.39 is 17.2 Å². The molecule has 0 radical (unpaired) electrons. The molecule has 4 rings (SSSR count). The lowest BCUT2D eigenvalue weighted by Crippen LogP contribution is -2.41. The van der Waals surface area contributed by atoms with Crippen LogP contribution in [0.4, 0.5) is 11.5 Å². The van der Waals surface area contributed by atoms with Crippen LogP contribution in [-0.4, -0.2) is 32.1 Å². The molecule has 11 nitrogen and oxygen atoms in total. The Balaban J connectivity index is 1.92. The third kappa shape index (κ3) is 4.13. The predicted octanol–water partition coefficient (Wildman–Crippen LogP) is 3.31. The number of hydrogen-bond donors (Lipinski definition) is 2. The highest BCUT2D eigenvalue weighted by Crippen LogP contribution is 2.32. The number of unbranched alkanes of at least 4 members (excludes halogenated alkanes) is 1. The Morgan fingerprint density at radius 1 is 1.20 bits per heavy atom. The first-order valence-electron chi connectivity index (χ1n) is 11.5. The second-order valence-corrected chi connectivity index (χ2v) is 8.38. The van der Waals surface area contributed by atoms with Crippen molar-refractivity contribution in [3.8, 4) is 11.3 Å². The Kier molecular flexibility index (Phi) is 6.33. The van der Waals surface area contributed by atoms with Crippen LogP contribution in [0.2, 0.25) is 0 Å². The molecule has 0 aliphatic rings. The summed E-state index contributed by atoms with van der Waals surface area (Å²) in [5.74, 6) is 0.782. The monoisotopic (exact) mass is 480 g/mol. The second-order valence-electron chi connectivity index (χ2n) is 8.38. The number of aromatic amines is 1. The van der Waals surface area contributed by atoms with Crippen molar-refractivity contribution >= 4 is 28.5 Å². The van der Waals surface area contributed by atoms with Crippen molar-refractivity contribution in [3.05, 3.63) is 55.7 Å². The molecule has 4 aromatic heterocycles. The van der Waals surface area contributed by atoms with Gasteiger partial charge in [-0.1, -0.05) is 18.5 Å². The fraction of sp³-hybridized carbons (Fsp3) is 0.375. The number of fused-ring (bicyclic) bond motifs is 1. The smallest absolute Gasteiger partial charge is 0.330 e. The first-order valence-corrected chi connectivity index (χ1v) is 11.5. The van der Waals surface area contributed by atoms with Crippen molar-refractivity contribution in [2.75, 3.05) is 17.2 Å². The molecule has 0 aliphatic heterocycles. The Morgan fingerprint density at radius 3 is 2.57 bits per heavy atom. The molecule has 1 amide bonds. The lowest BCUT2D eigenvalue weighted by atomic mass is 10.0. The summed E-state index contributed by atoms with van der Waals surface area (Å²) in [5.41, 5.74) is 6.95. The third-order valence-electron chi connectivity index (χ3n) is 5.95. The topological polar surface area (TPSA) is 153 Å². The summed E-state index contributed by atoms with van der Waals surface area (Å²) < 4.78 is 12.3. The zero-order chi connectivity index (χ0) is 25.4. The molecule has 0 spiro atoms. The zero-order valence-electron chi connectivity index (χ0n) is 20.4. The third-order valence-corrected chi connectivity index (χ3v) is 5.95. The maximum Gasteiger partial charge on any atom is 0.330 e. The number of H-pyrrole nitrogens is 1. The Morgan fingerprint density at radius 2 is 1.94 bits per heavy atom. The molecule has 0 saturated carbocycles. The van der Waals surface area contributed by atoms with E-state index in [4.69, 9.17) is 14.7 Å². The fourth-order valence-electron chi connectivity index (χ4n) is 4.21. The lowest BCUT2D eigenvalue weighted by Gasteiger charge is -2.23. The molecule has 4 heterocycles. The van der Waals surface area contributed by atoms with Crippen molar-refractivity contribution in [2.45, 2.75) is 54.0 Å². The van der Waals surface area contributed by atoms with Crippen molar-refractivity contribution in [2.24, 2.45) is 0 Å². The lowest BCUT2D eigenvalue weighted by molar-refractivity contribution is 0.0989. The van der Waals surface area contributed by atoms with E-state index in [1.54, 1.807) is 26.8 Å². The summed E-state index contributed by atoms with van der Waals surface area (Å²) in [6.45, 7) is 9.49. The van der Waals surface area contributed by atoms with Gasteiger partial charge in [-0.3, -0.25) is 19.1 Å². The van der Waals surface area contributed by atoms with Crippen molar-refractivity contribution < 1.29 is 13.7 Å². The van der Waals surface area contributed by atoms with Gasteiger partial charge in [0, 0.05) is 18.7 Å². The van der Waals surface area contributed by atoms with Gasteiger partial charge in [0.25, 0.3) is 17.2 Å². The summed E-state index contributed by atoms with van der Waals surface area (Å²) in [7, 11) is 0. The molecular weight excluding hydrogens is 452 g/mol. The van der Waals surface area contributed by atoms with Crippen molar-refractivity contribution in [1.29, 1.82) is 0 Å². The van der Waals surface area contributed by atoms with Crippen LogP contribution in [0.1, 0.15) is 54.3 Å². The number of carbonyl (C=O) groups excluding carboxylic acids is 1. The quantitative estimate of drug-likeness (QED) is 0.408. The number of aromatic nitrogens is 4. The first kappa shape index (κ1) is 24.0. The minimum absolute atomic E-state index is 0.0590. The van der Waals surface area contributed by atoms with E-state index in [1.165, 1.54) is 9.47 Å². The summed E-state index contributed by atoms with van der Waals surface area (Å²) >= 11 is 0. The minimum atomic E-state index is -0.732. The van der Waals surface area contributed by atoms with Crippen LogP contribution in [0.25, 0.3) is 22.4 Å². The van der Waals surface area contributed by atoms with Crippen LogP contribution in [0, 0.1) is 20.8 Å². The minimum Gasteiger partial charge on any atom is -0.466 e. The molecule has 0 aromatic carbocycles. The van der Waals surface area contributed by atoms with Gasteiger partial charge in [0.1, 0.15) is 17.3 Å².